The summed E-state index contributed by atoms with van der Waals surface area (Å²) in [6.07, 6.45) is 9.55. The Morgan fingerprint density at radius 1 is 0.892 bits per heavy atom. The van der Waals surface area contributed by atoms with E-state index in [9.17, 15) is 15.3 Å². The predicted molar refractivity (Wildman–Crippen MR) is 289 cm³/mol. The fourth-order valence-corrected chi connectivity index (χ4v) is 12.4. The van der Waals surface area contributed by atoms with Crippen molar-refractivity contribution in [2.24, 2.45) is 5.92 Å². The van der Waals surface area contributed by atoms with Gasteiger partial charge in [-0.15, -0.1) is 0 Å². The molecule has 382 valence electrons. The van der Waals surface area contributed by atoms with Crippen LogP contribution in [0, 0.1) is 17.8 Å². The molecule has 1 spiro atoms. The molecule has 1 saturated heterocycles. The molecule has 2 fully saturated rings. The van der Waals surface area contributed by atoms with Crippen molar-refractivity contribution in [2.75, 3.05) is 44.9 Å². The van der Waals surface area contributed by atoms with Crippen LogP contribution in [0.1, 0.15) is 113 Å². The smallest absolute Gasteiger partial charge is 0.204 e. The third-order valence-corrected chi connectivity index (χ3v) is 16.1. The van der Waals surface area contributed by atoms with E-state index in [1.807, 2.05) is 36.4 Å². The number of hydrogen-bond acceptors (Lipinski definition) is 10. The van der Waals surface area contributed by atoms with Crippen LogP contribution in [0.4, 0.5) is 5.82 Å². The summed E-state index contributed by atoms with van der Waals surface area (Å²) in [5.74, 6) is 8.94. The van der Waals surface area contributed by atoms with Gasteiger partial charge in [0.05, 0.1) is 56.4 Å². The monoisotopic (exact) mass is 993 g/mol. The minimum atomic E-state index is -0.844. The maximum atomic E-state index is 15.2. The van der Waals surface area contributed by atoms with Crippen LogP contribution in [-0.4, -0.2) is 84.3 Å². The molecule has 6 aromatic rings. The number of aryl methyl sites for hydroxylation is 1. The highest BCUT2D eigenvalue weighted by Gasteiger charge is 2.50. The SMILES string of the molecule is CCc1cc2c([nH]1)N1CCNC3C#CC(Cc4cccc-2c4)c2c(c(OC)c(OCCC(O)C=Cc4ccccc4)c4c2OC(c2ccc(O)cc2)CC4=O)OCC(CO)Cc2ccc(cc2)C2(CCCCC2)C31. The average Bonchev–Trinajstić information content (AvgIpc) is 3.88. The van der Waals surface area contributed by atoms with Gasteiger partial charge in [0.15, 0.2) is 17.3 Å². The lowest BCUT2D eigenvalue weighted by molar-refractivity contribution is 0.0834. The van der Waals surface area contributed by atoms with E-state index in [4.69, 9.17) is 18.9 Å². The summed E-state index contributed by atoms with van der Waals surface area (Å²) < 4.78 is 27.4. The zero-order chi connectivity index (χ0) is 50.8. The van der Waals surface area contributed by atoms with Gasteiger partial charge in [-0.25, -0.2) is 0 Å². The van der Waals surface area contributed by atoms with Gasteiger partial charge in [0, 0.05) is 48.7 Å². The highest BCUT2D eigenvalue weighted by molar-refractivity contribution is 6.05. The first-order chi connectivity index (χ1) is 36.2. The maximum absolute atomic E-state index is 15.2. The quantitative estimate of drug-likeness (QED) is 0.0841. The molecule has 11 nitrogen and oxygen atoms in total. The molecule has 0 radical (unpaired) electrons. The van der Waals surface area contributed by atoms with Crippen molar-refractivity contribution < 1.29 is 39.1 Å². The number of anilines is 1. The summed E-state index contributed by atoms with van der Waals surface area (Å²) in [6.45, 7) is 3.73. The number of carbonyl (C=O) groups is 1. The number of Topliss-reactive ketones (excluding diaryl/α,β-unsaturated/α-hetero) is 1. The van der Waals surface area contributed by atoms with Crippen molar-refractivity contribution in [3.8, 4) is 51.7 Å². The van der Waals surface area contributed by atoms with Crippen LogP contribution in [-0.2, 0) is 24.7 Å². The van der Waals surface area contributed by atoms with Gasteiger partial charge in [-0.05, 0) is 83.7 Å². The van der Waals surface area contributed by atoms with E-state index in [0.717, 1.165) is 78.8 Å². The summed E-state index contributed by atoms with van der Waals surface area (Å²) in [7, 11) is 1.55. The Balaban J connectivity index is 1.14. The minimum Gasteiger partial charge on any atom is -0.508 e. The number of aromatic nitrogens is 1. The summed E-state index contributed by atoms with van der Waals surface area (Å²) in [5.41, 5.74) is 9.14. The van der Waals surface area contributed by atoms with Gasteiger partial charge in [-0.3, -0.25) is 4.79 Å². The number of nitrogens with zero attached hydrogens (tertiary/aromatic N) is 1. The number of aliphatic hydroxyl groups excluding tert-OH is 2. The first-order valence-corrected chi connectivity index (χ1v) is 26.7. The number of benzene rings is 5. The molecule has 11 heteroatoms. The number of fused-ring (bicyclic) bond motifs is 11. The number of rotatable bonds is 10. The molecular formula is C63H67N3O8. The number of aromatic hydroxyl groups is 1. The largest absolute Gasteiger partial charge is 0.508 e. The van der Waals surface area contributed by atoms with Crippen molar-refractivity contribution in [1.82, 2.24) is 10.3 Å². The first kappa shape index (κ1) is 49.3. The molecule has 6 unspecified atom stereocenters. The fraction of sp³-hybridized carbons (Fsp3) is 0.381. The van der Waals surface area contributed by atoms with Crippen LogP contribution < -0.4 is 29.2 Å². The van der Waals surface area contributed by atoms with Gasteiger partial charge >= 0.3 is 0 Å². The van der Waals surface area contributed by atoms with Gasteiger partial charge < -0.3 is 49.5 Å². The molecule has 5 N–H and O–H groups in total. The van der Waals surface area contributed by atoms with Crippen molar-refractivity contribution in [1.29, 1.82) is 0 Å². The zero-order valence-electron chi connectivity index (χ0n) is 42.4. The van der Waals surface area contributed by atoms with Crippen LogP contribution >= 0.6 is 0 Å². The van der Waals surface area contributed by atoms with Crippen molar-refractivity contribution in [3.63, 3.8) is 0 Å². The fourth-order valence-electron chi connectivity index (χ4n) is 12.4. The standard InChI is InChI=1S/C63H67N3O8/c1-3-48-36-51-45-14-10-13-42(34-45)35-46-20-26-52-61(66(31-30-64-52)62(51)65-48)63(28-8-5-9-29-63)47-21-15-41(16-22-47)33-43(38-67)39-73-58-55(46)57-56(53(70)37-54(74-57)44-18-24-49(68)25-19-44)59(60(58)71-2)72-32-27-50(69)23-17-40-11-6-4-7-12-40/h4,6-7,10-19,21-25,34,36,43,46,50,52,54,61,64-65,67-69H,3,5,8-9,27-33,35,37-39H2,1-2H3. The maximum Gasteiger partial charge on any atom is 0.204 e. The van der Waals surface area contributed by atoms with Crippen LogP contribution in [0.3, 0.4) is 0 Å². The van der Waals surface area contributed by atoms with E-state index >= 15 is 4.79 Å². The number of aromatic amines is 1. The number of methoxy groups -OCH3 is 1. The number of nitrogens with one attached hydrogen (secondary N) is 2. The molecule has 1 aromatic heterocycles. The van der Waals surface area contributed by atoms with Gasteiger partial charge in [-0.1, -0.05) is 141 Å². The molecule has 5 aromatic carbocycles. The van der Waals surface area contributed by atoms with Gasteiger partial charge in [0.1, 0.15) is 29.0 Å². The Morgan fingerprint density at radius 2 is 1.70 bits per heavy atom. The molecule has 74 heavy (non-hydrogen) atoms. The van der Waals surface area contributed by atoms with Crippen LogP contribution in [0.2, 0.25) is 0 Å². The van der Waals surface area contributed by atoms with Crippen molar-refractivity contribution >= 4 is 17.7 Å². The number of piperazine rings is 1. The molecule has 6 atom stereocenters. The van der Waals surface area contributed by atoms with Gasteiger partial charge in [0.25, 0.3) is 0 Å². The number of ketones is 1. The minimum absolute atomic E-state index is 0.00678. The number of phenolic OH excluding ortho intramolecular Hbond substituents is 1. The van der Waals surface area contributed by atoms with E-state index in [1.165, 1.54) is 23.2 Å². The Kier molecular flexibility index (Phi) is 14.3. The number of H-pyrrole nitrogens is 1. The van der Waals surface area contributed by atoms with Crippen molar-refractivity contribution in [3.05, 3.63) is 160 Å². The average molecular weight is 994 g/mol. The number of aliphatic hydroxyl groups is 2. The highest BCUT2D eigenvalue weighted by Crippen LogP contribution is 2.56. The predicted octanol–water partition coefficient (Wildman–Crippen LogP) is 10.4. The molecule has 8 bridgehead atoms. The summed E-state index contributed by atoms with van der Waals surface area (Å²) in [6, 6.07) is 36.4. The van der Waals surface area contributed by atoms with Crippen molar-refractivity contribution in [2.45, 2.75) is 107 Å². The van der Waals surface area contributed by atoms with E-state index in [2.05, 4.69) is 88.6 Å². The van der Waals surface area contributed by atoms with Crippen LogP contribution in [0.25, 0.3) is 17.2 Å². The topological polar surface area (TPSA) is 146 Å². The lowest BCUT2D eigenvalue weighted by Crippen LogP contribution is -2.66. The zero-order valence-corrected chi connectivity index (χ0v) is 42.4. The number of phenols is 1. The Bertz CT molecular complexity index is 3060. The third-order valence-electron chi connectivity index (χ3n) is 16.1. The van der Waals surface area contributed by atoms with E-state index in [-0.39, 0.29) is 84.7 Å². The van der Waals surface area contributed by atoms with Crippen LogP contribution in [0.15, 0.2) is 115 Å². The van der Waals surface area contributed by atoms with Gasteiger partial charge in [-0.2, -0.15) is 0 Å². The molecule has 1 saturated carbocycles. The van der Waals surface area contributed by atoms with Crippen LogP contribution in [0.5, 0.6) is 28.7 Å². The second-order valence-electron chi connectivity index (χ2n) is 20.8. The van der Waals surface area contributed by atoms with E-state index in [1.54, 1.807) is 37.5 Å². The molecule has 6 heterocycles. The van der Waals surface area contributed by atoms with E-state index < -0.39 is 18.1 Å². The third kappa shape index (κ3) is 9.67. The van der Waals surface area contributed by atoms with E-state index in [0.29, 0.717) is 29.9 Å². The number of carbonyl (C=O) groups excluding carboxylic acids is 1. The Morgan fingerprint density at radius 3 is 2.47 bits per heavy atom. The first-order valence-electron chi connectivity index (χ1n) is 26.7. The number of ether oxygens (including phenoxy) is 4. The molecule has 0 amide bonds. The summed E-state index contributed by atoms with van der Waals surface area (Å²) >= 11 is 0. The Labute approximate surface area is 434 Å². The summed E-state index contributed by atoms with van der Waals surface area (Å²) in [5, 5.41) is 36.6. The summed E-state index contributed by atoms with van der Waals surface area (Å²) in [4.78, 5) is 21.7. The molecule has 6 aliphatic rings. The molecular weight excluding hydrogens is 927 g/mol. The second kappa shape index (κ2) is 21.5. The lowest BCUT2D eigenvalue weighted by Gasteiger charge is -2.54. The lowest BCUT2D eigenvalue weighted by atomic mass is 9.62. The molecule has 1 aliphatic carbocycles. The Hall–Kier alpha value is -6.97. The molecule has 5 aliphatic heterocycles. The molecule has 12 rings (SSSR count). The van der Waals surface area contributed by atoms with Gasteiger partial charge in [0.2, 0.25) is 5.75 Å². The second-order valence-corrected chi connectivity index (χ2v) is 20.8. The normalized spacial score (nSPS) is 22.3. The highest BCUT2D eigenvalue weighted by atomic mass is 16.5. The number of hydrogen-bond donors (Lipinski definition) is 5.